The molecule has 1 N–H and O–H groups in total. The average molecular weight is 265 g/mol. The van der Waals surface area contributed by atoms with Crippen LogP contribution in [0.1, 0.15) is 37.6 Å². The molecule has 0 aliphatic rings. The normalized spacial score (nSPS) is 14.2. The molecule has 1 aromatic rings. The maximum Gasteiger partial charge on any atom is 0.389 e. The van der Waals surface area contributed by atoms with Crippen molar-refractivity contribution in [3.05, 3.63) is 22.4 Å². The molecule has 98 valence electrons. The van der Waals surface area contributed by atoms with E-state index in [9.17, 15) is 13.2 Å². The molecule has 0 amide bonds. The van der Waals surface area contributed by atoms with Crippen LogP contribution in [0.4, 0.5) is 13.2 Å². The van der Waals surface area contributed by atoms with Gasteiger partial charge in [-0.1, -0.05) is 19.9 Å². The van der Waals surface area contributed by atoms with E-state index in [1.54, 1.807) is 11.3 Å². The molecule has 0 bridgehead atoms. The first kappa shape index (κ1) is 14.5. The van der Waals surface area contributed by atoms with Crippen LogP contribution < -0.4 is 5.32 Å². The quantitative estimate of drug-likeness (QED) is 0.753. The molecule has 1 aromatic heterocycles. The molecule has 0 radical (unpaired) electrons. The van der Waals surface area contributed by atoms with Gasteiger partial charge >= 0.3 is 6.18 Å². The summed E-state index contributed by atoms with van der Waals surface area (Å²) in [6.45, 7) is 4.54. The Balaban J connectivity index is 2.37. The molecule has 1 atom stereocenters. The smallest absolute Gasteiger partial charge is 0.309 e. The van der Waals surface area contributed by atoms with Crippen molar-refractivity contribution in [2.24, 2.45) is 5.92 Å². The van der Waals surface area contributed by atoms with Crippen LogP contribution in [0.5, 0.6) is 0 Å². The first-order valence-electron chi connectivity index (χ1n) is 5.73. The number of hydrogen-bond acceptors (Lipinski definition) is 2. The molecule has 0 saturated carbocycles. The fourth-order valence-electron chi connectivity index (χ4n) is 1.68. The number of halogens is 3. The highest BCUT2D eigenvalue weighted by Crippen LogP contribution is 2.26. The van der Waals surface area contributed by atoms with E-state index in [0.29, 0.717) is 12.5 Å². The van der Waals surface area contributed by atoms with E-state index < -0.39 is 12.6 Å². The van der Waals surface area contributed by atoms with Gasteiger partial charge in [0.1, 0.15) is 0 Å². The predicted molar refractivity (Wildman–Crippen MR) is 65.2 cm³/mol. The van der Waals surface area contributed by atoms with Crippen molar-refractivity contribution in [1.82, 2.24) is 5.32 Å². The zero-order valence-corrected chi connectivity index (χ0v) is 10.9. The van der Waals surface area contributed by atoms with Gasteiger partial charge in [-0.3, -0.25) is 0 Å². The molecule has 0 aliphatic carbocycles. The Morgan fingerprint density at radius 3 is 2.53 bits per heavy atom. The van der Waals surface area contributed by atoms with E-state index in [2.05, 4.69) is 19.2 Å². The second-order valence-corrected chi connectivity index (χ2v) is 5.39. The fraction of sp³-hybridized carbons (Fsp3) is 0.667. The Bertz CT molecular complexity index is 306. The lowest BCUT2D eigenvalue weighted by Crippen LogP contribution is -2.26. The zero-order valence-electron chi connectivity index (χ0n) is 10.1. The summed E-state index contributed by atoms with van der Waals surface area (Å²) in [6.07, 6.45) is -4.62. The van der Waals surface area contributed by atoms with Crippen molar-refractivity contribution < 1.29 is 13.2 Å². The topological polar surface area (TPSA) is 12.0 Å². The van der Waals surface area contributed by atoms with Crippen molar-refractivity contribution >= 4 is 11.3 Å². The molecular formula is C12H18F3NS. The van der Waals surface area contributed by atoms with E-state index in [1.807, 2.05) is 17.5 Å². The number of thiophene rings is 1. The number of hydrogen-bond donors (Lipinski definition) is 1. The molecule has 0 aromatic carbocycles. The molecule has 1 nitrogen and oxygen atoms in total. The number of nitrogens with one attached hydrogen (secondary N) is 1. The summed E-state index contributed by atoms with van der Waals surface area (Å²) in [5.41, 5.74) is 0. The summed E-state index contributed by atoms with van der Waals surface area (Å²) in [7, 11) is 0. The molecule has 0 aliphatic heterocycles. The maximum atomic E-state index is 12.0. The van der Waals surface area contributed by atoms with Gasteiger partial charge in [-0.2, -0.15) is 13.2 Å². The van der Waals surface area contributed by atoms with Crippen molar-refractivity contribution in [2.45, 2.75) is 38.9 Å². The fourth-order valence-corrected chi connectivity index (χ4v) is 2.65. The summed E-state index contributed by atoms with van der Waals surface area (Å²) in [5, 5.41) is 5.19. The molecule has 17 heavy (non-hydrogen) atoms. The van der Waals surface area contributed by atoms with Crippen LogP contribution in [0, 0.1) is 5.92 Å². The van der Waals surface area contributed by atoms with Crippen LogP contribution in [0.2, 0.25) is 0 Å². The lowest BCUT2D eigenvalue weighted by atomic mass is 10.0. The van der Waals surface area contributed by atoms with E-state index in [1.165, 1.54) is 4.88 Å². The molecule has 0 spiro atoms. The Morgan fingerprint density at radius 1 is 1.35 bits per heavy atom. The third kappa shape index (κ3) is 5.55. The maximum absolute atomic E-state index is 12.0. The van der Waals surface area contributed by atoms with Gasteiger partial charge in [-0.25, -0.2) is 0 Å². The Labute approximate surface area is 104 Å². The average Bonchev–Trinajstić information content (AvgIpc) is 2.68. The van der Waals surface area contributed by atoms with Gasteiger partial charge in [0.2, 0.25) is 0 Å². The van der Waals surface area contributed by atoms with Crippen molar-refractivity contribution in [3.8, 4) is 0 Å². The largest absolute Gasteiger partial charge is 0.389 e. The van der Waals surface area contributed by atoms with E-state index in [0.717, 1.165) is 0 Å². The van der Waals surface area contributed by atoms with Crippen LogP contribution in [-0.2, 0) is 0 Å². The van der Waals surface area contributed by atoms with Gasteiger partial charge in [0.25, 0.3) is 0 Å². The minimum atomic E-state index is -4.04. The van der Waals surface area contributed by atoms with Crippen LogP contribution in [0.25, 0.3) is 0 Å². The monoisotopic (exact) mass is 265 g/mol. The first-order valence-corrected chi connectivity index (χ1v) is 6.61. The highest BCUT2D eigenvalue weighted by Gasteiger charge is 2.26. The van der Waals surface area contributed by atoms with Crippen molar-refractivity contribution in [1.29, 1.82) is 0 Å². The molecule has 0 saturated heterocycles. The summed E-state index contributed by atoms with van der Waals surface area (Å²) < 4.78 is 36.0. The molecule has 0 fully saturated rings. The molecule has 1 unspecified atom stereocenters. The third-order valence-corrected chi connectivity index (χ3v) is 3.47. The number of rotatable bonds is 6. The Morgan fingerprint density at radius 2 is 2.06 bits per heavy atom. The SMILES string of the molecule is CC(C)C(NCCCC(F)(F)F)c1cccs1. The predicted octanol–water partition coefficient (Wildman–Crippen LogP) is 4.38. The lowest BCUT2D eigenvalue weighted by molar-refractivity contribution is -0.135. The van der Waals surface area contributed by atoms with E-state index in [-0.39, 0.29) is 12.5 Å². The third-order valence-electron chi connectivity index (χ3n) is 2.52. The van der Waals surface area contributed by atoms with Crippen LogP contribution in [0.3, 0.4) is 0 Å². The van der Waals surface area contributed by atoms with E-state index in [4.69, 9.17) is 0 Å². The van der Waals surface area contributed by atoms with Crippen LogP contribution in [0.15, 0.2) is 17.5 Å². The van der Waals surface area contributed by atoms with Gasteiger partial charge in [0.05, 0.1) is 0 Å². The standard InChI is InChI=1S/C12H18F3NS/c1-9(2)11(10-5-3-8-17-10)16-7-4-6-12(13,14)15/h3,5,8-9,11,16H,4,6-7H2,1-2H3. The van der Waals surface area contributed by atoms with Gasteiger partial charge in [0.15, 0.2) is 0 Å². The van der Waals surface area contributed by atoms with Gasteiger partial charge < -0.3 is 5.32 Å². The summed E-state index contributed by atoms with van der Waals surface area (Å²) in [6, 6.07) is 4.14. The Kier molecular flexibility index (Phi) is 5.46. The van der Waals surface area contributed by atoms with Crippen molar-refractivity contribution in [3.63, 3.8) is 0 Å². The van der Waals surface area contributed by atoms with Crippen LogP contribution in [-0.4, -0.2) is 12.7 Å². The molecule has 5 heteroatoms. The highest BCUT2D eigenvalue weighted by molar-refractivity contribution is 7.10. The minimum Gasteiger partial charge on any atom is -0.309 e. The number of alkyl halides is 3. The Hall–Kier alpha value is -0.550. The molecule has 1 heterocycles. The summed E-state index contributed by atoms with van der Waals surface area (Å²) >= 11 is 1.64. The second kappa shape index (κ2) is 6.40. The molecular weight excluding hydrogens is 247 g/mol. The lowest BCUT2D eigenvalue weighted by Gasteiger charge is -2.21. The highest BCUT2D eigenvalue weighted by atomic mass is 32.1. The van der Waals surface area contributed by atoms with Gasteiger partial charge in [-0.05, 0) is 30.3 Å². The van der Waals surface area contributed by atoms with Gasteiger partial charge in [-0.15, -0.1) is 11.3 Å². The van der Waals surface area contributed by atoms with Crippen molar-refractivity contribution in [2.75, 3.05) is 6.54 Å². The minimum absolute atomic E-state index is 0.137. The van der Waals surface area contributed by atoms with Gasteiger partial charge in [0, 0.05) is 17.3 Å². The summed E-state index contributed by atoms with van der Waals surface area (Å²) in [4.78, 5) is 1.19. The zero-order chi connectivity index (χ0) is 12.9. The first-order chi connectivity index (χ1) is 7.90. The summed E-state index contributed by atoms with van der Waals surface area (Å²) in [5.74, 6) is 0.375. The van der Waals surface area contributed by atoms with E-state index >= 15 is 0 Å². The second-order valence-electron chi connectivity index (χ2n) is 4.41. The van der Waals surface area contributed by atoms with Crippen LogP contribution >= 0.6 is 11.3 Å². The molecule has 1 rings (SSSR count).